The molecular weight excluding hydrogens is 288 g/mol. The molecule has 1 aliphatic heterocycles. The highest BCUT2D eigenvalue weighted by Gasteiger charge is 2.21. The number of amides is 1. The highest BCUT2D eigenvalue weighted by Crippen LogP contribution is 2.34. The lowest BCUT2D eigenvalue weighted by Crippen LogP contribution is -2.41. The molecule has 1 aromatic rings. The van der Waals surface area contributed by atoms with E-state index in [1.807, 2.05) is 29.2 Å². The van der Waals surface area contributed by atoms with Gasteiger partial charge in [0.25, 0.3) is 0 Å². The van der Waals surface area contributed by atoms with Crippen LogP contribution in [0.1, 0.15) is 13.3 Å². The standard InChI is InChI=1S/C15H20N2O3S/c1-2-20-15(19)7-8-16-11-14(18)17-9-10-21-13-6-4-3-5-12(13)17/h3-6,16H,2,7-11H2,1H3. The summed E-state index contributed by atoms with van der Waals surface area (Å²) in [6.45, 7) is 3.58. The Hall–Kier alpha value is -1.53. The molecule has 1 aromatic carbocycles. The maximum absolute atomic E-state index is 12.3. The van der Waals surface area contributed by atoms with Crippen LogP contribution in [0.4, 0.5) is 5.69 Å². The van der Waals surface area contributed by atoms with Gasteiger partial charge in [-0.15, -0.1) is 11.8 Å². The quantitative estimate of drug-likeness (QED) is 0.640. The van der Waals surface area contributed by atoms with Crippen LogP contribution in [-0.4, -0.2) is 43.9 Å². The first-order valence-corrected chi connectivity index (χ1v) is 8.09. The van der Waals surface area contributed by atoms with Crippen molar-refractivity contribution < 1.29 is 14.3 Å². The summed E-state index contributed by atoms with van der Waals surface area (Å²) in [6, 6.07) is 7.93. The maximum Gasteiger partial charge on any atom is 0.307 e. The van der Waals surface area contributed by atoms with E-state index in [4.69, 9.17) is 4.74 Å². The third kappa shape index (κ3) is 4.47. The smallest absolute Gasteiger partial charge is 0.307 e. The maximum atomic E-state index is 12.3. The van der Waals surface area contributed by atoms with Crippen molar-refractivity contribution in [2.24, 2.45) is 0 Å². The SMILES string of the molecule is CCOC(=O)CCNCC(=O)N1CCSc2ccccc21. The van der Waals surface area contributed by atoms with Gasteiger partial charge in [-0.2, -0.15) is 0 Å². The lowest BCUT2D eigenvalue weighted by Gasteiger charge is -2.29. The van der Waals surface area contributed by atoms with E-state index in [1.165, 1.54) is 0 Å². The number of nitrogens with zero attached hydrogens (tertiary/aromatic N) is 1. The number of nitrogens with one attached hydrogen (secondary N) is 1. The molecule has 0 aliphatic carbocycles. The number of thioether (sulfide) groups is 1. The molecular formula is C15H20N2O3S. The first kappa shape index (κ1) is 15.9. The fourth-order valence-electron chi connectivity index (χ4n) is 2.14. The number of hydrogen-bond acceptors (Lipinski definition) is 5. The van der Waals surface area contributed by atoms with E-state index in [2.05, 4.69) is 5.32 Å². The molecule has 6 heteroatoms. The van der Waals surface area contributed by atoms with Gasteiger partial charge in [-0.3, -0.25) is 9.59 Å². The Kier molecular flexibility index (Phi) is 6.07. The van der Waals surface area contributed by atoms with E-state index in [0.29, 0.717) is 13.2 Å². The molecule has 0 saturated carbocycles. The average molecular weight is 308 g/mol. The molecule has 1 N–H and O–H groups in total. The Bertz CT molecular complexity index is 507. The number of ether oxygens (including phenoxy) is 1. The number of carbonyl (C=O) groups excluding carboxylic acids is 2. The summed E-state index contributed by atoms with van der Waals surface area (Å²) in [5, 5.41) is 3.00. The lowest BCUT2D eigenvalue weighted by atomic mass is 10.2. The van der Waals surface area contributed by atoms with Crippen molar-refractivity contribution in [3.63, 3.8) is 0 Å². The molecule has 0 fully saturated rings. The molecule has 1 heterocycles. The topological polar surface area (TPSA) is 58.6 Å². The first-order chi connectivity index (χ1) is 10.2. The van der Waals surface area contributed by atoms with Gasteiger partial charge in [0, 0.05) is 23.7 Å². The molecule has 5 nitrogen and oxygen atoms in total. The molecule has 1 aliphatic rings. The summed E-state index contributed by atoms with van der Waals surface area (Å²) < 4.78 is 4.83. The molecule has 0 bridgehead atoms. The molecule has 0 atom stereocenters. The van der Waals surface area contributed by atoms with E-state index in [-0.39, 0.29) is 24.8 Å². The predicted octanol–water partition coefficient (Wildman–Crippen LogP) is 1.67. The molecule has 0 unspecified atom stereocenters. The van der Waals surface area contributed by atoms with Crippen molar-refractivity contribution in [1.82, 2.24) is 5.32 Å². The minimum Gasteiger partial charge on any atom is -0.466 e. The van der Waals surface area contributed by atoms with Crippen LogP contribution in [0.25, 0.3) is 0 Å². The minimum atomic E-state index is -0.239. The zero-order valence-electron chi connectivity index (χ0n) is 12.1. The molecule has 0 spiro atoms. The summed E-state index contributed by atoms with van der Waals surface area (Å²) >= 11 is 1.77. The van der Waals surface area contributed by atoms with Gasteiger partial charge in [0.15, 0.2) is 0 Å². The minimum absolute atomic E-state index is 0.0339. The van der Waals surface area contributed by atoms with Gasteiger partial charge in [0.05, 0.1) is 25.3 Å². The Balaban J connectivity index is 1.81. The van der Waals surface area contributed by atoms with Crippen LogP contribution in [0.15, 0.2) is 29.2 Å². The second-order valence-electron chi connectivity index (χ2n) is 4.59. The van der Waals surface area contributed by atoms with Gasteiger partial charge in [-0.05, 0) is 19.1 Å². The van der Waals surface area contributed by atoms with Gasteiger partial charge in [0.2, 0.25) is 5.91 Å². The van der Waals surface area contributed by atoms with Crippen molar-refractivity contribution in [2.75, 3.05) is 36.9 Å². The fourth-order valence-corrected chi connectivity index (χ4v) is 3.14. The molecule has 0 aromatic heterocycles. The fraction of sp³-hybridized carbons (Fsp3) is 0.467. The van der Waals surface area contributed by atoms with Crippen LogP contribution in [0.2, 0.25) is 0 Å². The zero-order valence-corrected chi connectivity index (χ0v) is 12.9. The van der Waals surface area contributed by atoms with Gasteiger partial charge in [0.1, 0.15) is 0 Å². The Morgan fingerprint density at radius 2 is 2.19 bits per heavy atom. The molecule has 21 heavy (non-hydrogen) atoms. The third-order valence-corrected chi connectivity index (χ3v) is 4.16. The zero-order chi connectivity index (χ0) is 15.1. The van der Waals surface area contributed by atoms with E-state index < -0.39 is 0 Å². The summed E-state index contributed by atoms with van der Waals surface area (Å²) in [5.41, 5.74) is 0.978. The van der Waals surface area contributed by atoms with E-state index in [1.54, 1.807) is 18.7 Å². The molecule has 2 rings (SSSR count). The van der Waals surface area contributed by atoms with E-state index in [9.17, 15) is 9.59 Å². The van der Waals surface area contributed by atoms with Crippen LogP contribution in [0.3, 0.4) is 0 Å². The highest BCUT2D eigenvalue weighted by atomic mass is 32.2. The molecule has 0 radical (unpaired) electrons. The largest absolute Gasteiger partial charge is 0.466 e. The van der Waals surface area contributed by atoms with Crippen LogP contribution >= 0.6 is 11.8 Å². The monoisotopic (exact) mass is 308 g/mol. The number of carbonyl (C=O) groups is 2. The summed E-state index contributed by atoms with van der Waals surface area (Å²) in [6.07, 6.45) is 0.285. The molecule has 0 saturated heterocycles. The number of rotatable bonds is 6. The van der Waals surface area contributed by atoms with Crippen molar-refractivity contribution >= 4 is 29.3 Å². The normalized spacial score (nSPS) is 13.7. The number of fused-ring (bicyclic) bond motifs is 1. The second kappa shape index (κ2) is 8.05. The van der Waals surface area contributed by atoms with Crippen LogP contribution in [0.5, 0.6) is 0 Å². The van der Waals surface area contributed by atoms with Crippen LogP contribution in [0, 0.1) is 0 Å². The molecule has 1 amide bonds. The lowest BCUT2D eigenvalue weighted by molar-refractivity contribution is -0.143. The third-order valence-electron chi connectivity index (χ3n) is 3.12. The van der Waals surface area contributed by atoms with Gasteiger partial charge in [-0.25, -0.2) is 0 Å². The van der Waals surface area contributed by atoms with E-state index in [0.717, 1.165) is 22.9 Å². The predicted molar refractivity (Wildman–Crippen MR) is 83.6 cm³/mol. The molecule has 114 valence electrons. The van der Waals surface area contributed by atoms with E-state index >= 15 is 0 Å². The van der Waals surface area contributed by atoms with Crippen LogP contribution < -0.4 is 10.2 Å². The number of benzene rings is 1. The summed E-state index contributed by atoms with van der Waals surface area (Å²) in [5.74, 6) is 0.703. The van der Waals surface area contributed by atoms with Gasteiger partial charge in [-0.1, -0.05) is 12.1 Å². The Labute approximate surface area is 129 Å². The van der Waals surface area contributed by atoms with Crippen molar-refractivity contribution in [1.29, 1.82) is 0 Å². The Morgan fingerprint density at radius 3 is 3.00 bits per heavy atom. The van der Waals surface area contributed by atoms with Crippen LogP contribution in [-0.2, 0) is 14.3 Å². The highest BCUT2D eigenvalue weighted by molar-refractivity contribution is 7.99. The number of anilines is 1. The van der Waals surface area contributed by atoms with Crippen molar-refractivity contribution in [2.45, 2.75) is 18.2 Å². The first-order valence-electron chi connectivity index (χ1n) is 7.11. The number of hydrogen-bond donors (Lipinski definition) is 1. The van der Waals surface area contributed by atoms with Gasteiger partial charge < -0.3 is 15.0 Å². The summed E-state index contributed by atoms with van der Waals surface area (Å²) in [4.78, 5) is 26.4. The number of para-hydroxylation sites is 1. The Morgan fingerprint density at radius 1 is 1.38 bits per heavy atom. The number of esters is 1. The average Bonchev–Trinajstić information content (AvgIpc) is 2.51. The van der Waals surface area contributed by atoms with Crippen molar-refractivity contribution in [3.8, 4) is 0 Å². The summed E-state index contributed by atoms with van der Waals surface area (Å²) in [7, 11) is 0. The van der Waals surface area contributed by atoms with Crippen molar-refractivity contribution in [3.05, 3.63) is 24.3 Å². The van der Waals surface area contributed by atoms with Gasteiger partial charge >= 0.3 is 5.97 Å². The second-order valence-corrected chi connectivity index (χ2v) is 5.73.